The molecule has 0 aliphatic carbocycles. The molecule has 2 aromatic rings. The maximum absolute atomic E-state index is 14.2. The molecule has 0 saturated heterocycles. The topological polar surface area (TPSA) is 38.0 Å². The molecule has 0 spiro atoms. The summed E-state index contributed by atoms with van der Waals surface area (Å²) in [5, 5.41) is 0.348. The Morgan fingerprint density at radius 2 is 1.85 bits per heavy atom. The van der Waals surface area contributed by atoms with Gasteiger partial charge in [0.2, 0.25) is 0 Å². The summed E-state index contributed by atoms with van der Waals surface area (Å²) in [5.74, 6) is 4.05. The first kappa shape index (κ1) is 15.9. The zero-order valence-electron chi connectivity index (χ0n) is 9.93. The quantitative estimate of drug-likeness (QED) is 0.424. The van der Waals surface area contributed by atoms with E-state index in [1.54, 1.807) is 18.2 Å². The van der Waals surface area contributed by atoms with Crippen LogP contribution in [0.1, 0.15) is 17.2 Å². The van der Waals surface area contributed by atoms with Crippen LogP contribution in [0.25, 0.3) is 0 Å². The molecular weight excluding hydrogens is 417 g/mol. The second-order valence-corrected chi connectivity index (χ2v) is 6.20. The molecule has 0 bridgehead atoms. The van der Waals surface area contributed by atoms with Crippen LogP contribution in [0.5, 0.6) is 0 Å². The molecule has 7 heteroatoms. The van der Waals surface area contributed by atoms with E-state index in [0.717, 1.165) is 4.47 Å². The lowest BCUT2D eigenvalue weighted by Gasteiger charge is -2.20. The third-order valence-corrected chi connectivity index (χ3v) is 4.24. The van der Waals surface area contributed by atoms with Crippen LogP contribution in [0.3, 0.4) is 0 Å². The van der Waals surface area contributed by atoms with Gasteiger partial charge in [-0.1, -0.05) is 33.6 Å². The van der Waals surface area contributed by atoms with Crippen molar-refractivity contribution in [2.24, 2.45) is 5.84 Å². The van der Waals surface area contributed by atoms with Crippen molar-refractivity contribution < 1.29 is 8.78 Å². The molecule has 106 valence electrons. The van der Waals surface area contributed by atoms with Gasteiger partial charge in [0.25, 0.3) is 0 Å². The summed E-state index contributed by atoms with van der Waals surface area (Å²) in [7, 11) is 0. The van der Waals surface area contributed by atoms with Gasteiger partial charge in [0.15, 0.2) is 0 Å². The van der Waals surface area contributed by atoms with Crippen molar-refractivity contribution in [1.29, 1.82) is 0 Å². The smallest absolute Gasteiger partial charge is 0.145 e. The van der Waals surface area contributed by atoms with Crippen molar-refractivity contribution in [3.8, 4) is 0 Å². The van der Waals surface area contributed by atoms with Crippen LogP contribution >= 0.6 is 43.5 Å². The van der Waals surface area contributed by atoms with E-state index in [-0.39, 0.29) is 10.0 Å². The summed E-state index contributed by atoms with van der Waals surface area (Å²) in [6.45, 7) is 0. The van der Waals surface area contributed by atoms with Gasteiger partial charge in [0.05, 0.1) is 10.5 Å². The third kappa shape index (κ3) is 3.04. The average Bonchev–Trinajstić information content (AvgIpc) is 2.40. The minimum atomic E-state index is -0.895. The number of hydrazine groups is 1. The van der Waals surface area contributed by atoms with Gasteiger partial charge in [-0.05, 0) is 45.8 Å². The standard InChI is InChI=1S/C13H9Br2ClF2N2/c14-6-1-2-7(9(16)5-6)13(20-19)11-10(17)4-3-8(15)12(11)18/h1-5,13,20H,19H2. The van der Waals surface area contributed by atoms with Gasteiger partial charge in [-0.15, -0.1) is 0 Å². The van der Waals surface area contributed by atoms with Crippen LogP contribution in [0.15, 0.2) is 39.3 Å². The fourth-order valence-corrected chi connectivity index (χ4v) is 3.00. The third-order valence-electron chi connectivity index (χ3n) is 2.81. The highest BCUT2D eigenvalue weighted by Gasteiger charge is 2.24. The lowest BCUT2D eigenvalue weighted by Crippen LogP contribution is -2.30. The van der Waals surface area contributed by atoms with Gasteiger partial charge >= 0.3 is 0 Å². The van der Waals surface area contributed by atoms with Crippen molar-refractivity contribution >= 4 is 43.5 Å². The predicted molar refractivity (Wildman–Crippen MR) is 82.4 cm³/mol. The van der Waals surface area contributed by atoms with E-state index in [0.29, 0.717) is 10.6 Å². The van der Waals surface area contributed by atoms with Crippen molar-refractivity contribution in [1.82, 2.24) is 5.43 Å². The van der Waals surface area contributed by atoms with E-state index >= 15 is 0 Å². The van der Waals surface area contributed by atoms with Crippen molar-refractivity contribution in [3.05, 3.63) is 67.1 Å². The Morgan fingerprint density at radius 1 is 1.15 bits per heavy atom. The lowest BCUT2D eigenvalue weighted by atomic mass is 9.98. The first-order valence-corrected chi connectivity index (χ1v) is 7.46. The molecule has 1 atom stereocenters. The molecule has 0 fully saturated rings. The molecule has 2 aromatic carbocycles. The number of hydrogen-bond acceptors (Lipinski definition) is 2. The fourth-order valence-electron chi connectivity index (χ4n) is 1.87. The van der Waals surface area contributed by atoms with Gasteiger partial charge in [-0.2, -0.15) is 0 Å². The summed E-state index contributed by atoms with van der Waals surface area (Å²) >= 11 is 12.4. The average molecular weight is 426 g/mol. The summed E-state index contributed by atoms with van der Waals surface area (Å²) in [6, 6.07) is 6.57. The zero-order chi connectivity index (χ0) is 14.9. The van der Waals surface area contributed by atoms with E-state index in [1.165, 1.54) is 12.1 Å². The number of nitrogens with two attached hydrogens (primary N) is 1. The Hall–Kier alpha value is -0.530. The van der Waals surface area contributed by atoms with Gasteiger partial charge in [0, 0.05) is 15.1 Å². The molecule has 0 radical (unpaired) electrons. The van der Waals surface area contributed by atoms with Gasteiger partial charge in [-0.3, -0.25) is 5.84 Å². The Balaban J connectivity index is 2.61. The van der Waals surface area contributed by atoms with Crippen LogP contribution in [-0.2, 0) is 0 Å². The van der Waals surface area contributed by atoms with Crippen molar-refractivity contribution in [3.63, 3.8) is 0 Å². The Kier molecular flexibility index (Phi) is 5.14. The Bertz CT molecular complexity index is 653. The molecule has 20 heavy (non-hydrogen) atoms. The molecular formula is C13H9Br2ClF2N2. The minimum Gasteiger partial charge on any atom is -0.271 e. The number of hydrogen-bond donors (Lipinski definition) is 2. The summed E-state index contributed by atoms with van der Waals surface area (Å²) in [6.07, 6.45) is 0. The first-order chi connectivity index (χ1) is 9.45. The maximum atomic E-state index is 14.2. The SMILES string of the molecule is NNC(c1ccc(Br)cc1Cl)c1c(F)ccc(Br)c1F. The Labute approximate surface area is 136 Å². The van der Waals surface area contributed by atoms with Gasteiger partial charge in [0.1, 0.15) is 11.6 Å². The second kappa shape index (κ2) is 6.49. The van der Waals surface area contributed by atoms with Crippen LogP contribution in [0.4, 0.5) is 8.78 Å². The van der Waals surface area contributed by atoms with Crippen LogP contribution in [-0.4, -0.2) is 0 Å². The Morgan fingerprint density at radius 3 is 2.45 bits per heavy atom. The van der Waals surface area contributed by atoms with Gasteiger partial charge in [-0.25, -0.2) is 14.2 Å². The normalized spacial score (nSPS) is 12.5. The monoisotopic (exact) mass is 424 g/mol. The van der Waals surface area contributed by atoms with E-state index < -0.39 is 17.7 Å². The largest absolute Gasteiger partial charge is 0.271 e. The molecule has 2 rings (SSSR count). The molecule has 0 aliphatic rings. The molecule has 0 aliphatic heterocycles. The highest BCUT2D eigenvalue weighted by molar-refractivity contribution is 9.10. The number of benzene rings is 2. The minimum absolute atomic E-state index is 0.155. The molecule has 0 saturated carbocycles. The summed E-state index contributed by atoms with van der Waals surface area (Å²) < 4.78 is 29.0. The molecule has 0 amide bonds. The predicted octanol–water partition coefficient (Wildman–Crippen LogP) is 4.70. The van der Waals surface area contributed by atoms with Crippen molar-refractivity contribution in [2.75, 3.05) is 0 Å². The highest BCUT2D eigenvalue weighted by atomic mass is 79.9. The number of halogens is 5. The molecule has 2 nitrogen and oxygen atoms in total. The molecule has 1 unspecified atom stereocenters. The van der Waals surface area contributed by atoms with E-state index in [9.17, 15) is 8.78 Å². The van der Waals surface area contributed by atoms with Crippen LogP contribution in [0, 0.1) is 11.6 Å². The molecule has 3 N–H and O–H groups in total. The van der Waals surface area contributed by atoms with Crippen molar-refractivity contribution in [2.45, 2.75) is 6.04 Å². The molecule has 0 aromatic heterocycles. The van der Waals surface area contributed by atoms with Gasteiger partial charge < -0.3 is 0 Å². The number of nitrogens with one attached hydrogen (secondary N) is 1. The first-order valence-electron chi connectivity index (χ1n) is 5.50. The summed E-state index contributed by atoms with van der Waals surface area (Å²) in [4.78, 5) is 0. The van der Waals surface area contributed by atoms with E-state index in [4.69, 9.17) is 17.4 Å². The van der Waals surface area contributed by atoms with Crippen LogP contribution in [0.2, 0.25) is 5.02 Å². The van der Waals surface area contributed by atoms with Crippen LogP contribution < -0.4 is 11.3 Å². The fraction of sp³-hybridized carbons (Fsp3) is 0.0769. The van der Waals surface area contributed by atoms with E-state index in [1.807, 2.05) is 0 Å². The lowest BCUT2D eigenvalue weighted by molar-refractivity contribution is 0.507. The number of rotatable bonds is 3. The maximum Gasteiger partial charge on any atom is 0.145 e. The summed E-state index contributed by atoms with van der Waals surface area (Å²) in [5.41, 5.74) is 2.69. The zero-order valence-corrected chi connectivity index (χ0v) is 13.9. The highest BCUT2D eigenvalue weighted by Crippen LogP contribution is 2.34. The second-order valence-electron chi connectivity index (χ2n) is 4.02. The van der Waals surface area contributed by atoms with E-state index in [2.05, 4.69) is 37.3 Å². The molecule has 0 heterocycles.